The molecule has 0 unspecified atom stereocenters. The van der Waals surface area contributed by atoms with Gasteiger partial charge in [0, 0.05) is 11.1 Å². The molecule has 0 N–H and O–H groups in total. The molecule has 4 rings (SSSR count). The van der Waals surface area contributed by atoms with Crippen molar-refractivity contribution in [2.24, 2.45) is 0 Å². The summed E-state index contributed by atoms with van der Waals surface area (Å²) in [4.78, 5) is 17.0. The molecule has 29 heavy (non-hydrogen) atoms. The first-order valence-corrected chi connectivity index (χ1v) is 9.97. The average molecular weight is 401 g/mol. The largest absolute Gasteiger partial charge is 0.293 e. The molecule has 1 aromatic heterocycles. The molecule has 0 saturated heterocycles. The average Bonchev–Trinajstić information content (AvgIpc) is 2.79. The van der Waals surface area contributed by atoms with Crippen LogP contribution in [-0.2, 0) is 0 Å². The Morgan fingerprint density at radius 2 is 1.34 bits per heavy atom. The van der Waals surface area contributed by atoms with Crippen molar-refractivity contribution >= 4 is 17.5 Å². The van der Waals surface area contributed by atoms with Crippen molar-refractivity contribution < 1.29 is 9.18 Å². The van der Waals surface area contributed by atoms with Gasteiger partial charge in [0.2, 0.25) is 5.16 Å². The van der Waals surface area contributed by atoms with E-state index in [1.165, 1.54) is 12.1 Å². The van der Waals surface area contributed by atoms with Crippen LogP contribution in [-0.4, -0.2) is 26.7 Å². The van der Waals surface area contributed by atoms with Crippen molar-refractivity contribution in [3.05, 3.63) is 96.3 Å². The van der Waals surface area contributed by atoms with Gasteiger partial charge in [-0.2, -0.15) is 0 Å². The monoisotopic (exact) mass is 401 g/mol. The van der Waals surface area contributed by atoms with Gasteiger partial charge in [-0.3, -0.25) is 4.79 Å². The maximum Gasteiger partial charge on any atom is 0.210 e. The van der Waals surface area contributed by atoms with E-state index in [0.29, 0.717) is 16.5 Å². The third-order valence-electron chi connectivity index (χ3n) is 4.27. The number of hydrogen-bond donors (Lipinski definition) is 0. The van der Waals surface area contributed by atoms with Crippen LogP contribution in [0.15, 0.2) is 90.1 Å². The maximum atomic E-state index is 13.8. The van der Waals surface area contributed by atoms with Crippen LogP contribution in [0.1, 0.15) is 10.4 Å². The number of rotatable bonds is 6. The molecule has 0 spiro atoms. The minimum atomic E-state index is -0.526. The summed E-state index contributed by atoms with van der Waals surface area (Å²) < 4.78 is 13.8. The predicted molar refractivity (Wildman–Crippen MR) is 112 cm³/mol. The van der Waals surface area contributed by atoms with E-state index in [1.807, 2.05) is 60.7 Å². The molecule has 0 aliphatic rings. The molecule has 0 radical (unpaired) electrons. The molecule has 0 saturated carbocycles. The molecule has 0 fully saturated rings. The molecule has 0 aliphatic carbocycles. The Balaban J connectivity index is 1.64. The lowest BCUT2D eigenvalue weighted by molar-refractivity contribution is 0.101. The van der Waals surface area contributed by atoms with Crippen molar-refractivity contribution in [2.45, 2.75) is 5.16 Å². The molecule has 0 bridgehead atoms. The summed E-state index contributed by atoms with van der Waals surface area (Å²) in [5, 5.41) is 8.93. The van der Waals surface area contributed by atoms with E-state index in [2.05, 4.69) is 15.2 Å². The lowest BCUT2D eigenvalue weighted by Crippen LogP contribution is -2.06. The Hall–Kier alpha value is -3.38. The molecule has 142 valence electrons. The van der Waals surface area contributed by atoms with Crippen LogP contribution in [0.25, 0.3) is 22.5 Å². The first kappa shape index (κ1) is 19.0. The second-order valence-electron chi connectivity index (χ2n) is 6.22. The first-order chi connectivity index (χ1) is 14.2. The van der Waals surface area contributed by atoms with Gasteiger partial charge in [0.05, 0.1) is 11.3 Å². The van der Waals surface area contributed by atoms with Crippen LogP contribution in [0.2, 0.25) is 0 Å². The minimum absolute atomic E-state index is 0.0293. The van der Waals surface area contributed by atoms with Crippen LogP contribution in [0.3, 0.4) is 0 Å². The van der Waals surface area contributed by atoms with Crippen LogP contribution in [0.5, 0.6) is 0 Å². The first-order valence-electron chi connectivity index (χ1n) is 8.98. The van der Waals surface area contributed by atoms with Gasteiger partial charge in [-0.25, -0.2) is 9.37 Å². The van der Waals surface area contributed by atoms with Gasteiger partial charge in [-0.05, 0) is 12.1 Å². The maximum absolute atomic E-state index is 13.8. The smallest absolute Gasteiger partial charge is 0.210 e. The highest BCUT2D eigenvalue weighted by molar-refractivity contribution is 7.99. The fourth-order valence-corrected chi connectivity index (χ4v) is 3.53. The van der Waals surface area contributed by atoms with Crippen molar-refractivity contribution in [3.63, 3.8) is 0 Å². The second-order valence-corrected chi connectivity index (χ2v) is 7.16. The fourth-order valence-electron chi connectivity index (χ4n) is 2.86. The molecule has 3 aromatic carbocycles. The highest BCUT2D eigenvalue weighted by atomic mass is 32.2. The summed E-state index contributed by atoms with van der Waals surface area (Å²) >= 11 is 1.14. The Kier molecular flexibility index (Phi) is 5.72. The summed E-state index contributed by atoms with van der Waals surface area (Å²) in [7, 11) is 0. The van der Waals surface area contributed by atoms with Gasteiger partial charge in [0.15, 0.2) is 5.78 Å². The highest BCUT2D eigenvalue weighted by Crippen LogP contribution is 2.29. The van der Waals surface area contributed by atoms with Gasteiger partial charge >= 0.3 is 0 Å². The van der Waals surface area contributed by atoms with E-state index < -0.39 is 5.82 Å². The summed E-state index contributed by atoms with van der Waals surface area (Å²) in [5.74, 6) is -0.812. The number of nitrogens with zero attached hydrogens (tertiary/aromatic N) is 3. The van der Waals surface area contributed by atoms with Crippen LogP contribution >= 0.6 is 11.8 Å². The summed E-state index contributed by atoms with van der Waals surface area (Å²) in [6, 6.07) is 25.4. The summed E-state index contributed by atoms with van der Waals surface area (Å²) in [6.07, 6.45) is 0. The lowest BCUT2D eigenvalue weighted by Gasteiger charge is -2.09. The molecule has 4 aromatic rings. The number of aromatic nitrogens is 3. The van der Waals surface area contributed by atoms with Gasteiger partial charge in [-0.15, -0.1) is 10.2 Å². The molecule has 1 heterocycles. The SMILES string of the molecule is O=C(CSc1nnc(-c2ccccc2)c(-c2ccccc2)n1)c1ccccc1F. The number of benzene rings is 3. The molecule has 4 nitrogen and oxygen atoms in total. The van der Waals surface area contributed by atoms with E-state index in [1.54, 1.807) is 12.1 Å². The topological polar surface area (TPSA) is 55.7 Å². The molecule has 0 atom stereocenters. The van der Waals surface area contributed by atoms with E-state index in [0.717, 1.165) is 22.9 Å². The molecule has 0 aliphatic heterocycles. The minimum Gasteiger partial charge on any atom is -0.293 e. The van der Waals surface area contributed by atoms with E-state index >= 15 is 0 Å². The zero-order valence-electron chi connectivity index (χ0n) is 15.3. The molecular formula is C23H16FN3OS. The van der Waals surface area contributed by atoms with Crippen LogP contribution in [0, 0.1) is 5.82 Å². The Bertz CT molecular complexity index is 1140. The zero-order chi connectivity index (χ0) is 20.1. The van der Waals surface area contributed by atoms with Crippen molar-refractivity contribution in [2.75, 3.05) is 5.75 Å². The third kappa shape index (κ3) is 4.38. The van der Waals surface area contributed by atoms with Crippen LogP contribution < -0.4 is 0 Å². The predicted octanol–water partition coefficient (Wildman–Crippen LogP) is 5.32. The number of Topliss-reactive ketones (excluding diaryl/α,β-unsaturated/α-hetero) is 1. The van der Waals surface area contributed by atoms with E-state index in [9.17, 15) is 9.18 Å². The van der Waals surface area contributed by atoms with E-state index in [-0.39, 0.29) is 17.1 Å². The Morgan fingerprint density at radius 1 is 0.759 bits per heavy atom. The standard InChI is InChI=1S/C23H16FN3OS/c24-19-14-8-7-13-18(19)20(28)15-29-23-25-21(16-9-3-1-4-10-16)22(26-27-23)17-11-5-2-6-12-17/h1-14H,15H2. The van der Waals surface area contributed by atoms with Crippen LogP contribution in [0.4, 0.5) is 4.39 Å². The fraction of sp³-hybridized carbons (Fsp3) is 0.0435. The molecular weight excluding hydrogens is 385 g/mol. The van der Waals surface area contributed by atoms with Gasteiger partial charge in [-0.1, -0.05) is 84.6 Å². The Labute approximate surface area is 171 Å². The van der Waals surface area contributed by atoms with E-state index in [4.69, 9.17) is 0 Å². The third-order valence-corrected chi connectivity index (χ3v) is 5.11. The molecule has 0 amide bonds. The number of thioether (sulfide) groups is 1. The second kappa shape index (κ2) is 8.75. The number of hydrogen-bond acceptors (Lipinski definition) is 5. The van der Waals surface area contributed by atoms with Gasteiger partial charge < -0.3 is 0 Å². The number of carbonyl (C=O) groups is 1. The van der Waals surface area contributed by atoms with Gasteiger partial charge in [0.25, 0.3) is 0 Å². The number of halogens is 1. The van der Waals surface area contributed by atoms with Crippen molar-refractivity contribution in [1.29, 1.82) is 0 Å². The summed E-state index contributed by atoms with van der Waals surface area (Å²) in [6.45, 7) is 0. The normalized spacial score (nSPS) is 10.7. The lowest BCUT2D eigenvalue weighted by atomic mass is 10.0. The summed E-state index contributed by atoms with van der Waals surface area (Å²) in [5.41, 5.74) is 3.24. The number of ketones is 1. The number of carbonyl (C=O) groups excluding carboxylic acids is 1. The van der Waals surface area contributed by atoms with Gasteiger partial charge in [0.1, 0.15) is 17.2 Å². The Morgan fingerprint density at radius 3 is 2.00 bits per heavy atom. The zero-order valence-corrected chi connectivity index (χ0v) is 16.1. The molecule has 6 heteroatoms. The van der Waals surface area contributed by atoms with Crippen molar-refractivity contribution in [3.8, 4) is 22.5 Å². The quantitative estimate of drug-likeness (QED) is 0.323. The van der Waals surface area contributed by atoms with Crippen molar-refractivity contribution in [1.82, 2.24) is 15.2 Å². The highest BCUT2D eigenvalue weighted by Gasteiger charge is 2.16.